The van der Waals surface area contributed by atoms with Crippen molar-refractivity contribution in [3.05, 3.63) is 27.8 Å². The lowest BCUT2D eigenvalue weighted by atomic mass is 9.89. The Kier molecular flexibility index (Phi) is 5.35. The lowest BCUT2D eigenvalue weighted by Crippen LogP contribution is -2.49. The summed E-state index contributed by atoms with van der Waals surface area (Å²) in [6.07, 6.45) is 6.65. The van der Waals surface area contributed by atoms with E-state index in [1.807, 2.05) is 16.2 Å². The van der Waals surface area contributed by atoms with E-state index in [1.54, 1.807) is 6.33 Å². The first-order chi connectivity index (χ1) is 15.0. The van der Waals surface area contributed by atoms with Gasteiger partial charge in [0.2, 0.25) is 5.91 Å². The Hall–Kier alpha value is -2.59. The molecule has 1 aliphatic carbocycles. The number of rotatable bonds is 3. The molecule has 0 spiro atoms. The molecule has 10 heteroatoms. The number of nitrogens with zero attached hydrogens (tertiary/aromatic N) is 5. The molecule has 162 valence electrons. The average molecular weight is 457 g/mol. The van der Waals surface area contributed by atoms with Gasteiger partial charge in [0.1, 0.15) is 21.9 Å². The van der Waals surface area contributed by atoms with E-state index in [9.17, 15) is 9.59 Å². The van der Waals surface area contributed by atoms with Gasteiger partial charge in [-0.3, -0.25) is 9.59 Å². The molecule has 0 aromatic carbocycles. The molecule has 0 radical (unpaired) electrons. The molecule has 1 aliphatic heterocycles. The zero-order valence-corrected chi connectivity index (χ0v) is 19.2. The molecule has 0 bridgehead atoms. The van der Waals surface area contributed by atoms with Crippen molar-refractivity contribution in [1.82, 2.24) is 19.9 Å². The fourth-order valence-electron chi connectivity index (χ4n) is 4.36. The summed E-state index contributed by atoms with van der Waals surface area (Å²) in [6.45, 7) is 6.46. The third-order valence-corrected chi connectivity index (χ3v) is 8.00. The van der Waals surface area contributed by atoms with Crippen molar-refractivity contribution in [1.29, 1.82) is 0 Å². The second kappa shape index (κ2) is 8.16. The van der Waals surface area contributed by atoms with Crippen LogP contribution in [0.5, 0.6) is 0 Å². The van der Waals surface area contributed by atoms with Gasteiger partial charge in [-0.2, -0.15) is 0 Å². The number of nitrogens with one attached hydrogen (secondary N) is 1. The van der Waals surface area contributed by atoms with Crippen molar-refractivity contribution in [2.45, 2.75) is 33.1 Å². The van der Waals surface area contributed by atoms with Gasteiger partial charge in [0.25, 0.3) is 5.91 Å². The van der Waals surface area contributed by atoms with E-state index in [0.29, 0.717) is 23.1 Å². The van der Waals surface area contributed by atoms with Crippen LogP contribution in [-0.4, -0.2) is 57.8 Å². The highest BCUT2D eigenvalue weighted by Gasteiger charge is 2.28. The van der Waals surface area contributed by atoms with Gasteiger partial charge in [-0.1, -0.05) is 18.3 Å². The van der Waals surface area contributed by atoms with Crippen LogP contribution in [0.2, 0.25) is 0 Å². The van der Waals surface area contributed by atoms with Gasteiger partial charge >= 0.3 is 0 Å². The number of piperazine rings is 1. The van der Waals surface area contributed by atoms with E-state index < -0.39 is 0 Å². The highest BCUT2D eigenvalue weighted by atomic mass is 32.1. The molecule has 3 aromatic rings. The average Bonchev–Trinajstić information content (AvgIpc) is 3.36. The number of aromatic nitrogens is 3. The Bertz CT molecular complexity index is 1150. The number of fused-ring (bicyclic) bond motifs is 3. The van der Waals surface area contributed by atoms with Crippen LogP contribution >= 0.6 is 22.7 Å². The minimum atomic E-state index is -0.191. The maximum atomic E-state index is 12.9. The highest BCUT2D eigenvalue weighted by molar-refractivity contribution is 7.19. The van der Waals surface area contributed by atoms with Gasteiger partial charge in [0.05, 0.1) is 11.6 Å². The normalized spacial score (nSPS) is 18.8. The highest BCUT2D eigenvalue weighted by Crippen LogP contribution is 2.40. The number of thiazole rings is 1. The summed E-state index contributed by atoms with van der Waals surface area (Å²) in [6, 6.07) is 0. The van der Waals surface area contributed by atoms with Crippen LogP contribution in [0.25, 0.3) is 10.2 Å². The molecular weight excluding hydrogens is 432 g/mol. The van der Waals surface area contributed by atoms with E-state index in [4.69, 9.17) is 0 Å². The molecule has 1 fully saturated rings. The smallest absolute Gasteiger partial charge is 0.265 e. The fraction of sp³-hybridized carbons (Fsp3) is 0.476. The first-order valence-corrected chi connectivity index (χ1v) is 12.2. The first-order valence-electron chi connectivity index (χ1n) is 10.5. The number of thiophene rings is 1. The molecule has 1 atom stereocenters. The van der Waals surface area contributed by atoms with Gasteiger partial charge in [0, 0.05) is 38.0 Å². The lowest BCUT2D eigenvalue weighted by Gasteiger charge is -2.35. The van der Waals surface area contributed by atoms with Crippen molar-refractivity contribution >= 4 is 55.7 Å². The summed E-state index contributed by atoms with van der Waals surface area (Å²) in [4.78, 5) is 44.6. The van der Waals surface area contributed by atoms with Crippen LogP contribution in [0.4, 0.5) is 10.9 Å². The van der Waals surface area contributed by atoms with Gasteiger partial charge in [0.15, 0.2) is 5.13 Å². The molecule has 1 N–H and O–H groups in total. The topological polar surface area (TPSA) is 91.3 Å². The van der Waals surface area contributed by atoms with Gasteiger partial charge in [-0.05, 0) is 30.7 Å². The van der Waals surface area contributed by atoms with Gasteiger partial charge in [-0.15, -0.1) is 11.3 Å². The van der Waals surface area contributed by atoms with Crippen LogP contribution in [0.1, 0.15) is 40.4 Å². The number of hydrogen-bond donors (Lipinski definition) is 1. The Morgan fingerprint density at radius 1 is 1.13 bits per heavy atom. The maximum Gasteiger partial charge on any atom is 0.265 e. The summed E-state index contributed by atoms with van der Waals surface area (Å²) in [5.41, 5.74) is 1.43. The molecule has 2 amide bonds. The van der Waals surface area contributed by atoms with Crippen LogP contribution in [-0.2, 0) is 17.6 Å². The van der Waals surface area contributed by atoms with Crippen molar-refractivity contribution < 1.29 is 9.59 Å². The predicted octanol–water partition coefficient (Wildman–Crippen LogP) is 3.19. The lowest BCUT2D eigenvalue weighted by molar-refractivity contribution is -0.114. The quantitative estimate of drug-likeness (QED) is 0.651. The molecule has 2 aliphatic rings. The minimum Gasteiger partial charge on any atom is -0.352 e. The van der Waals surface area contributed by atoms with Gasteiger partial charge in [-0.25, -0.2) is 15.0 Å². The van der Waals surface area contributed by atoms with E-state index in [0.717, 1.165) is 42.5 Å². The van der Waals surface area contributed by atoms with Crippen molar-refractivity contribution in [2.75, 3.05) is 36.4 Å². The van der Waals surface area contributed by atoms with Crippen LogP contribution in [0.3, 0.4) is 0 Å². The number of amides is 2. The summed E-state index contributed by atoms with van der Waals surface area (Å²) in [7, 11) is 0. The second-order valence-electron chi connectivity index (χ2n) is 8.22. The zero-order valence-electron chi connectivity index (χ0n) is 17.6. The Balaban J connectivity index is 1.32. The largest absolute Gasteiger partial charge is 0.352 e. The Morgan fingerprint density at radius 3 is 2.71 bits per heavy atom. The number of anilines is 2. The monoisotopic (exact) mass is 456 g/mol. The third kappa shape index (κ3) is 3.89. The molecule has 8 nitrogen and oxygen atoms in total. The molecule has 4 heterocycles. The van der Waals surface area contributed by atoms with Crippen molar-refractivity contribution in [3.63, 3.8) is 0 Å². The molecule has 3 aromatic heterocycles. The summed E-state index contributed by atoms with van der Waals surface area (Å²) in [5.74, 6) is 1.51. The predicted molar refractivity (Wildman–Crippen MR) is 123 cm³/mol. The van der Waals surface area contributed by atoms with Crippen molar-refractivity contribution in [3.8, 4) is 0 Å². The minimum absolute atomic E-state index is 0.0384. The maximum absolute atomic E-state index is 12.9. The number of aryl methyl sites for hydroxylation is 1. The number of hydrogen-bond acceptors (Lipinski definition) is 8. The SMILES string of the molecule is CC(=O)Nc1ncc(C(=O)N2CCN(c3ncnc4sc5c(c34)CCC(C)C5)CC2)s1. The number of carbonyl (C=O) groups excluding carboxylic acids is 2. The first kappa shape index (κ1) is 20.3. The molecule has 5 rings (SSSR count). The summed E-state index contributed by atoms with van der Waals surface area (Å²) in [5, 5.41) is 4.30. The van der Waals surface area contributed by atoms with E-state index >= 15 is 0 Å². The Labute approximate surface area is 188 Å². The summed E-state index contributed by atoms with van der Waals surface area (Å²) < 4.78 is 0. The zero-order chi connectivity index (χ0) is 21.5. The van der Waals surface area contributed by atoms with Crippen LogP contribution in [0, 0.1) is 5.92 Å². The molecule has 1 unspecified atom stereocenters. The van der Waals surface area contributed by atoms with E-state index in [2.05, 4.69) is 32.1 Å². The van der Waals surface area contributed by atoms with Crippen molar-refractivity contribution in [2.24, 2.45) is 5.92 Å². The standard InChI is InChI=1S/C21H24N6O2S2/c1-12-3-4-14-15(9-12)30-19-17(14)18(23-11-24-19)26-5-7-27(8-6-26)20(29)16-10-22-21(31-16)25-13(2)28/h10-12H,3-9H2,1-2H3,(H,22,25,28). The van der Waals surface area contributed by atoms with Crippen LogP contribution in [0.15, 0.2) is 12.5 Å². The molecule has 31 heavy (non-hydrogen) atoms. The number of carbonyl (C=O) groups is 2. The third-order valence-electron chi connectivity index (χ3n) is 5.94. The van der Waals surface area contributed by atoms with Crippen LogP contribution < -0.4 is 10.2 Å². The fourth-order valence-corrected chi connectivity index (χ4v) is 6.53. The van der Waals surface area contributed by atoms with E-state index in [1.165, 1.54) is 46.7 Å². The summed E-state index contributed by atoms with van der Waals surface area (Å²) >= 11 is 3.02. The van der Waals surface area contributed by atoms with Gasteiger partial charge < -0.3 is 15.1 Å². The second-order valence-corrected chi connectivity index (χ2v) is 10.3. The molecule has 0 saturated carbocycles. The van der Waals surface area contributed by atoms with E-state index in [-0.39, 0.29) is 11.8 Å². The Morgan fingerprint density at radius 2 is 1.94 bits per heavy atom. The molecular formula is C21H24N6O2S2. The molecule has 1 saturated heterocycles.